The SMILES string of the molecule is CN1C(=O)CC[C@H]1C(=O)N1CC[C@@]2(Cc3ccc(F)cc3)c3ccc(C(C)(F)C(F)(F)F)cc3CC[C@@H]12. The molecule has 1 aliphatic carbocycles. The van der Waals surface area contributed by atoms with Crippen LogP contribution in [-0.2, 0) is 33.5 Å². The maximum absolute atomic E-state index is 14.8. The summed E-state index contributed by atoms with van der Waals surface area (Å²) in [5.74, 6) is -0.568. The fourth-order valence-electron chi connectivity index (χ4n) is 6.54. The molecule has 0 saturated carbocycles. The van der Waals surface area contributed by atoms with Crippen molar-refractivity contribution >= 4 is 11.8 Å². The highest BCUT2D eigenvalue weighted by atomic mass is 19.4. The highest BCUT2D eigenvalue weighted by Gasteiger charge is 2.56. The third-order valence-corrected chi connectivity index (χ3v) is 8.71. The molecule has 3 aliphatic rings. The van der Waals surface area contributed by atoms with Crippen molar-refractivity contribution in [2.45, 2.75) is 74.8 Å². The minimum atomic E-state index is -5.05. The standard InChI is InChI=1S/C28H29F5N2O2/c1-26(30,28(31,32)33)19-6-9-21-18(15-19)5-11-23-27(21,16-17-3-7-20(29)8-4-17)13-14-35(23)25(37)22-10-12-24(36)34(22)2/h3-4,6-9,15,22-23H,5,10-14,16H2,1-2H3/t22-,23+,26?,27+/m0/s1. The molecule has 2 aromatic carbocycles. The second-order valence-electron chi connectivity index (χ2n) is 10.7. The summed E-state index contributed by atoms with van der Waals surface area (Å²) in [7, 11) is 1.63. The molecule has 9 heteroatoms. The van der Waals surface area contributed by atoms with Crippen LogP contribution in [0.15, 0.2) is 42.5 Å². The van der Waals surface area contributed by atoms with Gasteiger partial charge in [-0.05, 0) is 73.4 Å². The predicted octanol–water partition coefficient (Wildman–Crippen LogP) is 5.22. The Hall–Kier alpha value is -2.97. The average molecular weight is 521 g/mol. The van der Waals surface area contributed by atoms with E-state index in [9.17, 15) is 31.5 Å². The van der Waals surface area contributed by atoms with Gasteiger partial charge < -0.3 is 9.80 Å². The second-order valence-corrected chi connectivity index (χ2v) is 10.7. The molecule has 2 saturated heterocycles. The zero-order valence-electron chi connectivity index (χ0n) is 20.7. The normalized spacial score (nSPS) is 27.2. The number of alkyl halides is 4. The van der Waals surface area contributed by atoms with Crippen LogP contribution in [0.1, 0.15) is 54.9 Å². The number of likely N-dealkylation sites (tertiary alicyclic amines) is 2. The minimum absolute atomic E-state index is 0.0735. The van der Waals surface area contributed by atoms with Crippen LogP contribution in [0, 0.1) is 5.82 Å². The third kappa shape index (κ3) is 4.10. The van der Waals surface area contributed by atoms with Crippen molar-refractivity contribution in [2.75, 3.05) is 13.6 Å². The Bertz CT molecular complexity index is 1230. The van der Waals surface area contributed by atoms with Gasteiger partial charge in [0.2, 0.25) is 17.5 Å². The summed E-state index contributed by atoms with van der Waals surface area (Å²) < 4.78 is 68.7. The number of carbonyl (C=O) groups excluding carboxylic acids is 2. The van der Waals surface area contributed by atoms with Gasteiger partial charge in [0.05, 0.1) is 0 Å². The summed E-state index contributed by atoms with van der Waals surface area (Å²) in [6, 6.07) is 9.42. The lowest BCUT2D eigenvalue weighted by Crippen LogP contribution is -2.53. The van der Waals surface area contributed by atoms with Gasteiger partial charge in [-0.25, -0.2) is 8.78 Å². The molecule has 4 atom stereocenters. The zero-order chi connectivity index (χ0) is 26.8. The molecule has 0 aromatic heterocycles. The molecule has 0 bridgehead atoms. The van der Waals surface area contributed by atoms with Crippen LogP contribution in [0.5, 0.6) is 0 Å². The maximum Gasteiger partial charge on any atom is 0.426 e. The van der Waals surface area contributed by atoms with Gasteiger partial charge in [-0.15, -0.1) is 0 Å². The van der Waals surface area contributed by atoms with Crippen molar-refractivity contribution < 1.29 is 31.5 Å². The topological polar surface area (TPSA) is 40.6 Å². The van der Waals surface area contributed by atoms with Crippen LogP contribution in [0.25, 0.3) is 0 Å². The third-order valence-electron chi connectivity index (χ3n) is 8.71. The van der Waals surface area contributed by atoms with E-state index in [0.717, 1.165) is 11.1 Å². The van der Waals surface area contributed by atoms with Crippen molar-refractivity contribution in [1.29, 1.82) is 0 Å². The first-order valence-corrected chi connectivity index (χ1v) is 12.6. The Morgan fingerprint density at radius 1 is 1.05 bits per heavy atom. The summed E-state index contributed by atoms with van der Waals surface area (Å²) in [5, 5.41) is 0. The quantitative estimate of drug-likeness (QED) is 0.519. The van der Waals surface area contributed by atoms with E-state index in [-0.39, 0.29) is 23.7 Å². The zero-order valence-corrected chi connectivity index (χ0v) is 20.7. The number of fused-ring (bicyclic) bond motifs is 3. The number of amides is 2. The Morgan fingerprint density at radius 2 is 1.76 bits per heavy atom. The largest absolute Gasteiger partial charge is 0.426 e. The van der Waals surface area contributed by atoms with E-state index in [0.29, 0.717) is 57.6 Å². The van der Waals surface area contributed by atoms with Gasteiger partial charge in [-0.1, -0.05) is 30.3 Å². The van der Waals surface area contributed by atoms with Gasteiger partial charge in [0.1, 0.15) is 11.9 Å². The molecule has 2 aromatic rings. The van der Waals surface area contributed by atoms with Crippen LogP contribution in [-0.4, -0.2) is 53.5 Å². The molecular formula is C28H29F5N2O2. The van der Waals surface area contributed by atoms with E-state index >= 15 is 0 Å². The van der Waals surface area contributed by atoms with E-state index in [1.807, 2.05) is 4.90 Å². The number of likely N-dealkylation sites (N-methyl/N-ethyl adjacent to an activating group) is 1. The van der Waals surface area contributed by atoms with E-state index in [4.69, 9.17) is 0 Å². The molecule has 198 valence electrons. The summed E-state index contributed by atoms with van der Waals surface area (Å²) in [4.78, 5) is 29.0. The number of carbonyl (C=O) groups is 2. The molecule has 37 heavy (non-hydrogen) atoms. The highest BCUT2D eigenvalue weighted by Crippen LogP contribution is 2.51. The Labute approximate surface area is 212 Å². The lowest BCUT2D eigenvalue weighted by atomic mass is 9.63. The first-order valence-electron chi connectivity index (χ1n) is 12.6. The average Bonchev–Trinajstić information content (AvgIpc) is 3.39. The van der Waals surface area contributed by atoms with Crippen molar-refractivity contribution in [1.82, 2.24) is 9.80 Å². The van der Waals surface area contributed by atoms with Gasteiger partial charge in [0.25, 0.3) is 0 Å². The molecule has 4 nitrogen and oxygen atoms in total. The Kier molecular flexibility index (Phi) is 6.11. The van der Waals surface area contributed by atoms with E-state index in [1.54, 1.807) is 25.2 Å². The first-order chi connectivity index (χ1) is 17.3. The maximum atomic E-state index is 14.8. The molecule has 5 rings (SSSR count). The van der Waals surface area contributed by atoms with Gasteiger partial charge in [-0.3, -0.25) is 9.59 Å². The van der Waals surface area contributed by atoms with Gasteiger partial charge >= 0.3 is 6.18 Å². The lowest BCUT2D eigenvalue weighted by Gasteiger charge is -2.44. The van der Waals surface area contributed by atoms with Crippen molar-refractivity contribution in [3.05, 3.63) is 70.5 Å². The van der Waals surface area contributed by atoms with Crippen LogP contribution < -0.4 is 0 Å². The number of nitrogens with zero attached hydrogens (tertiary/aromatic N) is 2. The van der Waals surface area contributed by atoms with Gasteiger partial charge in [0.15, 0.2) is 0 Å². The number of halogens is 5. The summed E-state index contributed by atoms with van der Waals surface area (Å²) >= 11 is 0. The molecule has 0 radical (unpaired) electrons. The molecular weight excluding hydrogens is 491 g/mol. The first kappa shape index (κ1) is 25.7. The van der Waals surface area contributed by atoms with Gasteiger partial charge in [-0.2, -0.15) is 13.2 Å². The van der Waals surface area contributed by atoms with E-state index in [1.165, 1.54) is 29.2 Å². The number of aryl methyl sites for hydroxylation is 1. The highest BCUT2D eigenvalue weighted by molar-refractivity contribution is 5.91. The summed E-state index contributed by atoms with van der Waals surface area (Å²) in [5.41, 5.74) is -2.25. The molecule has 0 N–H and O–H groups in total. The molecule has 2 aliphatic heterocycles. The number of hydrogen-bond acceptors (Lipinski definition) is 2. The lowest BCUT2D eigenvalue weighted by molar-refractivity contribution is -0.228. The summed E-state index contributed by atoms with van der Waals surface area (Å²) in [6.45, 7) is 0.970. The smallest absolute Gasteiger partial charge is 0.337 e. The molecule has 2 amide bonds. The molecule has 2 fully saturated rings. The fourth-order valence-corrected chi connectivity index (χ4v) is 6.54. The Balaban J connectivity index is 1.56. The van der Waals surface area contributed by atoms with Crippen molar-refractivity contribution in [3.63, 3.8) is 0 Å². The van der Waals surface area contributed by atoms with Crippen molar-refractivity contribution in [3.8, 4) is 0 Å². The molecule has 0 spiro atoms. The van der Waals surface area contributed by atoms with Crippen molar-refractivity contribution in [2.24, 2.45) is 0 Å². The van der Waals surface area contributed by atoms with E-state index in [2.05, 4.69) is 0 Å². The Morgan fingerprint density at radius 3 is 2.38 bits per heavy atom. The predicted molar refractivity (Wildman–Crippen MR) is 127 cm³/mol. The van der Waals surface area contributed by atoms with Crippen LogP contribution in [0.2, 0.25) is 0 Å². The number of benzene rings is 2. The number of hydrogen-bond donors (Lipinski definition) is 0. The fraction of sp³-hybridized carbons (Fsp3) is 0.500. The van der Waals surface area contributed by atoms with Crippen LogP contribution >= 0.6 is 0 Å². The van der Waals surface area contributed by atoms with Crippen LogP contribution in [0.4, 0.5) is 22.0 Å². The summed E-state index contributed by atoms with van der Waals surface area (Å²) in [6.07, 6.45) is -2.36. The molecule has 1 unspecified atom stereocenters. The monoisotopic (exact) mass is 520 g/mol. The van der Waals surface area contributed by atoms with Gasteiger partial charge in [0, 0.05) is 31.5 Å². The van der Waals surface area contributed by atoms with E-state index < -0.39 is 28.9 Å². The van der Waals surface area contributed by atoms with Crippen LogP contribution in [0.3, 0.4) is 0 Å². The molecule has 2 heterocycles. The second kappa shape index (κ2) is 8.81. The minimum Gasteiger partial charge on any atom is -0.337 e. The number of rotatable bonds is 4.